The molecule has 7 nitrogen and oxygen atoms in total. The normalized spacial score (nSPS) is 16.8. The van der Waals surface area contributed by atoms with Gasteiger partial charge in [0.1, 0.15) is 11.2 Å². The first-order valence-electron chi connectivity index (χ1n) is 14.9. The highest BCUT2D eigenvalue weighted by atomic mass is 32.2. The van der Waals surface area contributed by atoms with Crippen LogP contribution in [-0.2, 0) is 10.0 Å². The Morgan fingerprint density at radius 2 is 1.60 bits per heavy atom. The molecule has 3 heterocycles. The van der Waals surface area contributed by atoms with E-state index in [4.69, 9.17) is 0 Å². The number of sulfonamides is 1. The topological polar surface area (TPSA) is 51.0 Å². The van der Waals surface area contributed by atoms with Crippen molar-refractivity contribution < 1.29 is 13.0 Å². The SMILES string of the molecule is CN(C)CCN(C)c1cc(C=C2Sc3cc(S(=O)(=O)N4CCCCC4)ccc3N2C)c2ccccc2[n+]1-c1ccccc1. The molecule has 0 spiro atoms. The summed E-state index contributed by atoms with van der Waals surface area (Å²) >= 11 is 1.63. The summed E-state index contributed by atoms with van der Waals surface area (Å²) in [6.45, 7) is 3.02. The third-order valence-electron chi connectivity index (χ3n) is 8.33. The van der Waals surface area contributed by atoms with Crippen LogP contribution < -0.4 is 14.4 Å². The minimum Gasteiger partial charge on any atom is -0.338 e. The largest absolute Gasteiger partial charge is 0.338 e. The molecule has 0 radical (unpaired) electrons. The number of pyridine rings is 1. The van der Waals surface area contributed by atoms with E-state index in [1.165, 1.54) is 0 Å². The molecule has 2 aliphatic rings. The zero-order chi connectivity index (χ0) is 30.1. The molecule has 0 unspecified atom stereocenters. The molecule has 3 aromatic carbocycles. The van der Waals surface area contributed by atoms with E-state index in [1.54, 1.807) is 22.1 Å². The minimum atomic E-state index is -3.49. The molecule has 1 aromatic heterocycles. The second kappa shape index (κ2) is 12.3. The van der Waals surface area contributed by atoms with Gasteiger partial charge in [-0.15, -0.1) is 0 Å². The molecule has 0 amide bonds. The Morgan fingerprint density at radius 1 is 0.884 bits per heavy atom. The quantitative estimate of drug-likeness (QED) is 0.233. The lowest BCUT2D eigenvalue weighted by Gasteiger charge is -2.26. The molecule has 9 heteroatoms. The summed E-state index contributed by atoms with van der Waals surface area (Å²) in [5.41, 5.74) is 4.40. The first-order chi connectivity index (χ1) is 20.7. The summed E-state index contributed by atoms with van der Waals surface area (Å²) in [6.07, 6.45) is 5.19. The van der Waals surface area contributed by atoms with E-state index in [0.29, 0.717) is 18.0 Å². The molecule has 224 valence electrons. The van der Waals surface area contributed by atoms with Crippen LogP contribution in [-0.4, -0.2) is 72.0 Å². The fourth-order valence-electron chi connectivity index (χ4n) is 5.86. The van der Waals surface area contributed by atoms with Gasteiger partial charge in [-0.1, -0.05) is 54.6 Å². The lowest BCUT2D eigenvalue weighted by atomic mass is 10.1. The average molecular weight is 615 g/mol. The van der Waals surface area contributed by atoms with Crippen LogP contribution in [0.25, 0.3) is 22.7 Å². The van der Waals surface area contributed by atoms with Crippen LogP contribution in [0.3, 0.4) is 0 Å². The van der Waals surface area contributed by atoms with Crippen molar-refractivity contribution >= 4 is 50.3 Å². The van der Waals surface area contributed by atoms with Gasteiger partial charge in [0, 0.05) is 43.0 Å². The van der Waals surface area contributed by atoms with Crippen LogP contribution in [0, 0.1) is 0 Å². The zero-order valence-electron chi connectivity index (χ0n) is 25.4. The van der Waals surface area contributed by atoms with Gasteiger partial charge >= 0.3 is 0 Å². The van der Waals surface area contributed by atoms with Crippen molar-refractivity contribution in [2.75, 3.05) is 64.2 Å². The summed E-state index contributed by atoms with van der Waals surface area (Å²) in [4.78, 5) is 8.04. The molecule has 1 fully saturated rings. The Labute approximate surface area is 260 Å². The number of rotatable bonds is 8. The van der Waals surface area contributed by atoms with Crippen molar-refractivity contribution in [1.82, 2.24) is 9.21 Å². The highest BCUT2D eigenvalue weighted by Crippen LogP contribution is 2.47. The van der Waals surface area contributed by atoms with Crippen molar-refractivity contribution in [3.05, 3.63) is 89.5 Å². The maximum Gasteiger partial charge on any atom is 0.282 e. The highest BCUT2D eigenvalue weighted by molar-refractivity contribution is 8.04. The van der Waals surface area contributed by atoms with Gasteiger partial charge in [0.05, 0.1) is 29.2 Å². The maximum atomic E-state index is 13.4. The van der Waals surface area contributed by atoms with Gasteiger partial charge in [-0.2, -0.15) is 8.87 Å². The molecule has 43 heavy (non-hydrogen) atoms. The Hall–Kier alpha value is -3.37. The van der Waals surface area contributed by atoms with Crippen molar-refractivity contribution in [1.29, 1.82) is 0 Å². The number of para-hydroxylation sites is 2. The minimum absolute atomic E-state index is 0.383. The zero-order valence-corrected chi connectivity index (χ0v) is 27.0. The van der Waals surface area contributed by atoms with E-state index >= 15 is 0 Å². The Morgan fingerprint density at radius 3 is 2.35 bits per heavy atom. The number of hydrogen-bond donors (Lipinski definition) is 0. The maximum absolute atomic E-state index is 13.4. The molecular formula is C34H40N5O2S2+. The third-order valence-corrected chi connectivity index (χ3v) is 11.4. The first kappa shape index (κ1) is 29.7. The monoisotopic (exact) mass is 614 g/mol. The van der Waals surface area contributed by atoms with Gasteiger partial charge in [-0.25, -0.2) is 8.42 Å². The van der Waals surface area contributed by atoms with Crippen molar-refractivity contribution in [2.45, 2.75) is 29.1 Å². The number of benzene rings is 3. The van der Waals surface area contributed by atoms with Gasteiger partial charge < -0.3 is 9.80 Å². The fraction of sp³-hybridized carbons (Fsp3) is 0.324. The summed E-state index contributed by atoms with van der Waals surface area (Å²) in [6, 6.07) is 26.9. The van der Waals surface area contributed by atoms with E-state index in [-0.39, 0.29) is 0 Å². The van der Waals surface area contributed by atoms with Crippen LogP contribution in [0.4, 0.5) is 11.5 Å². The van der Waals surface area contributed by atoms with Crippen molar-refractivity contribution in [3.63, 3.8) is 0 Å². The number of likely N-dealkylation sites (N-methyl/N-ethyl adjacent to an activating group) is 2. The number of hydrogen-bond acceptors (Lipinski definition) is 6. The number of anilines is 2. The van der Waals surface area contributed by atoms with E-state index in [1.807, 2.05) is 12.1 Å². The summed E-state index contributed by atoms with van der Waals surface area (Å²) < 4.78 is 30.8. The van der Waals surface area contributed by atoms with Crippen molar-refractivity contribution in [3.8, 4) is 5.69 Å². The van der Waals surface area contributed by atoms with Crippen LogP contribution in [0.2, 0.25) is 0 Å². The Balaban J connectivity index is 1.42. The number of thioether (sulfide) groups is 1. The molecule has 2 aliphatic heterocycles. The first-order valence-corrected chi connectivity index (χ1v) is 17.2. The molecule has 0 bridgehead atoms. The van der Waals surface area contributed by atoms with Crippen molar-refractivity contribution in [2.24, 2.45) is 0 Å². The average Bonchev–Trinajstić information content (AvgIpc) is 3.34. The van der Waals surface area contributed by atoms with Crippen LogP contribution in [0.1, 0.15) is 24.8 Å². The molecule has 6 rings (SSSR count). The number of piperidine rings is 1. The molecule has 0 atom stereocenters. The molecule has 0 aliphatic carbocycles. The number of nitrogens with zero attached hydrogens (tertiary/aromatic N) is 5. The molecule has 0 saturated carbocycles. The Kier molecular flexibility index (Phi) is 8.51. The summed E-state index contributed by atoms with van der Waals surface area (Å²) in [5.74, 6) is 1.11. The van der Waals surface area contributed by atoms with E-state index in [9.17, 15) is 8.42 Å². The lowest BCUT2D eigenvalue weighted by molar-refractivity contribution is -0.553. The Bertz CT molecular complexity index is 1770. The number of fused-ring (bicyclic) bond motifs is 2. The van der Waals surface area contributed by atoms with Gasteiger partial charge in [0.15, 0.2) is 0 Å². The van der Waals surface area contributed by atoms with Crippen LogP contribution in [0.5, 0.6) is 0 Å². The second-order valence-electron chi connectivity index (χ2n) is 11.6. The predicted molar refractivity (Wildman–Crippen MR) is 179 cm³/mol. The smallest absolute Gasteiger partial charge is 0.282 e. The van der Waals surface area contributed by atoms with Crippen LogP contribution in [0.15, 0.2) is 93.7 Å². The molecule has 4 aromatic rings. The van der Waals surface area contributed by atoms with Gasteiger partial charge in [0.2, 0.25) is 10.0 Å². The predicted octanol–water partition coefficient (Wildman–Crippen LogP) is 5.83. The molecule has 0 N–H and O–H groups in total. The lowest BCUT2D eigenvalue weighted by Crippen LogP contribution is -2.41. The highest BCUT2D eigenvalue weighted by Gasteiger charge is 2.30. The van der Waals surface area contributed by atoms with E-state index < -0.39 is 10.0 Å². The summed E-state index contributed by atoms with van der Waals surface area (Å²) in [5, 5.41) is 2.22. The fourth-order valence-corrected chi connectivity index (χ4v) is 8.62. The van der Waals surface area contributed by atoms with Crippen LogP contribution >= 0.6 is 11.8 Å². The standard InChI is InChI=1S/C34H40N5O2S2/c1-35(2)21-22-36(3)33-23-26(29-15-9-10-16-30(29)39(33)27-13-7-5-8-14-27)24-34-37(4)31-18-17-28(25-32(31)42-34)43(40,41)38-19-11-6-12-20-38/h5,7-10,13-18,23-25H,6,11-12,19-22H2,1-4H3/q+1. The van der Waals surface area contributed by atoms with Gasteiger partial charge in [-0.3, -0.25) is 4.90 Å². The third kappa shape index (κ3) is 5.91. The van der Waals surface area contributed by atoms with E-state index in [0.717, 1.165) is 75.9 Å². The van der Waals surface area contributed by atoms with E-state index in [2.05, 4.69) is 114 Å². The summed E-state index contributed by atoms with van der Waals surface area (Å²) in [7, 11) is 4.92. The second-order valence-corrected chi connectivity index (χ2v) is 14.6. The van der Waals surface area contributed by atoms with Gasteiger partial charge in [0.25, 0.3) is 5.82 Å². The molecular weight excluding hydrogens is 575 g/mol. The van der Waals surface area contributed by atoms with Gasteiger partial charge in [-0.05, 0) is 75.0 Å². The molecule has 1 saturated heterocycles. The number of aromatic nitrogens is 1.